The highest BCUT2D eigenvalue weighted by Gasteiger charge is 2.08. The van der Waals surface area contributed by atoms with Gasteiger partial charge in [-0.15, -0.1) is 0 Å². The van der Waals surface area contributed by atoms with Crippen molar-refractivity contribution < 1.29 is 4.79 Å². The number of anilines is 2. The number of amides is 1. The summed E-state index contributed by atoms with van der Waals surface area (Å²) in [6.45, 7) is 2.87. The summed E-state index contributed by atoms with van der Waals surface area (Å²) in [7, 11) is 1.96. The summed E-state index contributed by atoms with van der Waals surface area (Å²) in [4.78, 5) is 18.4. The Morgan fingerprint density at radius 2 is 1.91 bits per heavy atom. The van der Waals surface area contributed by atoms with Crippen molar-refractivity contribution in [3.8, 4) is 0 Å². The molecule has 4 nitrogen and oxygen atoms in total. The number of hydrogen-bond donors (Lipinski definition) is 1. The van der Waals surface area contributed by atoms with Gasteiger partial charge in [0.1, 0.15) is 5.82 Å². The molecule has 0 saturated heterocycles. The Morgan fingerprint density at radius 3 is 2.55 bits per heavy atom. The summed E-state index contributed by atoms with van der Waals surface area (Å²) in [5.74, 6) is 0.756. The van der Waals surface area contributed by atoms with Gasteiger partial charge in [-0.3, -0.25) is 4.79 Å². The molecule has 22 heavy (non-hydrogen) atoms. The molecule has 116 valence electrons. The average Bonchev–Trinajstić information content (AvgIpc) is 2.59. The molecule has 0 spiro atoms. The van der Waals surface area contributed by atoms with Crippen LogP contribution in [0.5, 0.6) is 0 Å². The maximum absolute atomic E-state index is 12.0. The first kappa shape index (κ1) is 16.0. The maximum Gasteiger partial charge on any atom is 0.252 e. The number of rotatable bonds is 7. The predicted molar refractivity (Wildman–Crippen MR) is 90.6 cm³/mol. The van der Waals surface area contributed by atoms with E-state index in [2.05, 4.69) is 17.2 Å². The zero-order valence-corrected chi connectivity index (χ0v) is 13.2. The van der Waals surface area contributed by atoms with Crippen LogP contribution in [0.15, 0.2) is 48.7 Å². The standard InChI is InChI=1S/C18H23N3O/c1-3-4-8-13-19-18(22)15-11-12-17(20-14-15)21(2)16-9-6-5-7-10-16/h5-7,9-12,14H,3-4,8,13H2,1-2H3,(H,19,22). The second-order valence-electron chi connectivity index (χ2n) is 5.26. The highest BCUT2D eigenvalue weighted by Crippen LogP contribution is 2.20. The first-order valence-electron chi connectivity index (χ1n) is 7.75. The van der Waals surface area contributed by atoms with Crippen molar-refractivity contribution in [1.29, 1.82) is 0 Å². The molecule has 0 atom stereocenters. The predicted octanol–water partition coefficient (Wildman–Crippen LogP) is 3.77. The minimum Gasteiger partial charge on any atom is -0.352 e. The van der Waals surface area contributed by atoms with E-state index in [-0.39, 0.29) is 5.91 Å². The molecule has 2 rings (SSSR count). The molecule has 1 heterocycles. The van der Waals surface area contributed by atoms with Gasteiger partial charge in [0.15, 0.2) is 0 Å². The second kappa shape index (κ2) is 8.17. The molecule has 0 aliphatic heterocycles. The van der Waals surface area contributed by atoms with Crippen LogP contribution < -0.4 is 10.2 Å². The van der Waals surface area contributed by atoms with Crippen molar-refractivity contribution in [2.45, 2.75) is 26.2 Å². The Labute approximate surface area is 132 Å². The van der Waals surface area contributed by atoms with E-state index in [0.717, 1.165) is 37.3 Å². The largest absolute Gasteiger partial charge is 0.352 e. The molecule has 0 unspecified atom stereocenters. The van der Waals surface area contributed by atoms with E-state index in [1.165, 1.54) is 0 Å². The van der Waals surface area contributed by atoms with Gasteiger partial charge in [0.05, 0.1) is 5.56 Å². The molecule has 1 amide bonds. The summed E-state index contributed by atoms with van der Waals surface area (Å²) in [6.07, 6.45) is 4.94. The number of carbonyl (C=O) groups excluding carboxylic acids is 1. The third-order valence-corrected chi connectivity index (χ3v) is 3.56. The Morgan fingerprint density at radius 1 is 1.14 bits per heavy atom. The fraction of sp³-hybridized carbons (Fsp3) is 0.333. The van der Waals surface area contributed by atoms with Crippen molar-refractivity contribution in [2.75, 3.05) is 18.5 Å². The van der Waals surface area contributed by atoms with Crippen molar-refractivity contribution in [1.82, 2.24) is 10.3 Å². The van der Waals surface area contributed by atoms with E-state index in [1.54, 1.807) is 6.20 Å². The highest BCUT2D eigenvalue weighted by atomic mass is 16.1. The van der Waals surface area contributed by atoms with Gasteiger partial charge in [0.2, 0.25) is 0 Å². The topological polar surface area (TPSA) is 45.2 Å². The average molecular weight is 297 g/mol. The number of nitrogens with one attached hydrogen (secondary N) is 1. The van der Waals surface area contributed by atoms with Crippen LogP contribution in [0.3, 0.4) is 0 Å². The van der Waals surface area contributed by atoms with Crippen molar-refractivity contribution in [3.05, 3.63) is 54.2 Å². The van der Waals surface area contributed by atoms with Gasteiger partial charge in [-0.2, -0.15) is 0 Å². The van der Waals surface area contributed by atoms with Crippen molar-refractivity contribution in [3.63, 3.8) is 0 Å². The maximum atomic E-state index is 12.0. The molecule has 2 aromatic rings. The fourth-order valence-corrected chi connectivity index (χ4v) is 2.18. The quantitative estimate of drug-likeness (QED) is 0.791. The molecule has 0 aliphatic rings. The molecular weight excluding hydrogens is 274 g/mol. The van der Waals surface area contributed by atoms with Crippen LogP contribution in [0.25, 0.3) is 0 Å². The van der Waals surface area contributed by atoms with Crippen molar-refractivity contribution in [2.24, 2.45) is 0 Å². The van der Waals surface area contributed by atoms with Gasteiger partial charge >= 0.3 is 0 Å². The van der Waals surface area contributed by atoms with E-state index in [1.807, 2.05) is 54.4 Å². The fourth-order valence-electron chi connectivity index (χ4n) is 2.18. The normalized spacial score (nSPS) is 10.3. The van der Waals surface area contributed by atoms with Crippen LogP contribution >= 0.6 is 0 Å². The molecule has 1 N–H and O–H groups in total. The zero-order chi connectivity index (χ0) is 15.8. The summed E-state index contributed by atoms with van der Waals surface area (Å²) in [5, 5.41) is 2.92. The first-order chi connectivity index (χ1) is 10.7. The second-order valence-corrected chi connectivity index (χ2v) is 5.26. The number of unbranched alkanes of at least 4 members (excludes halogenated alkanes) is 2. The zero-order valence-electron chi connectivity index (χ0n) is 13.2. The first-order valence-corrected chi connectivity index (χ1v) is 7.75. The van der Waals surface area contributed by atoms with Gasteiger partial charge in [0, 0.05) is 25.5 Å². The van der Waals surface area contributed by atoms with Crippen LogP contribution in [-0.4, -0.2) is 24.5 Å². The molecule has 1 aromatic heterocycles. The third-order valence-electron chi connectivity index (χ3n) is 3.56. The van der Waals surface area contributed by atoms with E-state index in [0.29, 0.717) is 5.56 Å². The van der Waals surface area contributed by atoms with Crippen LogP contribution in [0.2, 0.25) is 0 Å². The third kappa shape index (κ3) is 4.32. The monoisotopic (exact) mass is 297 g/mol. The van der Waals surface area contributed by atoms with Gasteiger partial charge in [-0.05, 0) is 30.7 Å². The number of hydrogen-bond acceptors (Lipinski definition) is 3. The molecule has 0 fully saturated rings. The van der Waals surface area contributed by atoms with Crippen LogP contribution in [0.4, 0.5) is 11.5 Å². The van der Waals surface area contributed by atoms with Crippen molar-refractivity contribution >= 4 is 17.4 Å². The van der Waals surface area contributed by atoms with Gasteiger partial charge in [0.25, 0.3) is 5.91 Å². The Kier molecular flexibility index (Phi) is 5.95. The van der Waals surface area contributed by atoms with Crippen LogP contribution in [-0.2, 0) is 0 Å². The Hall–Kier alpha value is -2.36. The summed E-state index contributed by atoms with van der Waals surface area (Å²) in [5.41, 5.74) is 1.66. The lowest BCUT2D eigenvalue weighted by Gasteiger charge is -2.18. The SMILES string of the molecule is CCCCCNC(=O)c1ccc(N(C)c2ccccc2)nc1. The molecule has 0 bridgehead atoms. The molecule has 0 aliphatic carbocycles. The Bertz CT molecular complexity index is 581. The number of nitrogens with zero attached hydrogens (tertiary/aromatic N) is 2. The van der Waals surface area contributed by atoms with Gasteiger partial charge < -0.3 is 10.2 Å². The van der Waals surface area contributed by atoms with E-state index >= 15 is 0 Å². The molecular formula is C18H23N3O. The molecule has 0 radical (unpaired) electrons. The Balaban J connectivity index is 1.96. The number of carbonyl (C=O) groups is 1. The smallest absolute Gasteiger partial charge is 0.252 e. The van der Waals surface area contributed by atoms with Crippen LogP contribution in [0, 0.1) is 0 Å². The minimum absolute atomic E-state index is 0.0579. The van der Waals surface area contributed by atoms with Crippen LogP contribution in [0.1, 0.15) is 36.5 Å². The lowest BCUT2D eigenvalue weighted by molar-refractivity contribution is 0.0952. The molecule has 1 aromatic carbocycles. The number of aromatic nitrogens is 1. The summed E-state index contributed by atoms with van der Waals surface area (Å²) < 4.78 is 0. The molecule has 4 heteroatoms. The molecule has 0 saturated carbocycles. The lowest BCUT2D eigenvalue weighted by Crippen LogP contribution is -2.24. The number of pyridine rings is 1. The minimum atomic E-state index is -0.0579. The van der Waals surface area contributed by atoms with Gasteiger partial charge in [-0.1, -0.05) is 38.0 Å². The number of benzene rings is 1. The lowest BCUT2D eigenvalue weighted by atomic mass is 10.2. The summed E-state index contributed by atoms with van der Waals surface area (Å²) in [6, 6.07) is 13.7. The highest BCUT2D eigenvalue weighted by molar-refractivity contribution is 5.94. The van der Waals surface area contributed by atoms with E-state index in [4.69, 9.17) is 0 Å². The van der Waals surface area contributed by atoms with Gasteiger partial charge in [-0.25, -0.2) is 4.98 Å². The van der Waals surface area contributed by atoms with E-state index in [9.17, 15) is 4.79 Å². The number of para-hydroxylation sites is 1. The van der Waals surface area contributed by atoms with E-state index < -0.39 is 0 Å². The summed E-state index contributed by atoms with van der Waals surface area (Å²) >= 11 is 0.